The van der Waals surface area contributed by atoms with E-state index in [0.717, 1.165) is 5.56 Å². The lowest BCUT2D eigenvalue weighted by Crippen LogP contribution is -2.27. The van der Waals surface area contributed by atoms with Crippen LogP contribution < -0.4 is 10.3 Å². The summed E-state index contributed by atoms with van der Waals surface area (Å²) in [4.78, 5) is 16.4. The Hall–Kier alpha value is -2.77. The molecule has 0 aliphatic carbocycles. The van der Waals surface area contributed by atoms with Crippen LogP contribution in [0.4, 0.5) is 0 Å². The van der Waals surface area contributed by atoms with Crippen molar-refractivity contribution in [3.63, 3.8) is 0 Å². The van der Waals surface area contributed by atoms with E-state index in [-0.39, 0.29) is 11.6 Å². The summed E-state index contributed by atoms with van der Waals surface area (Å²) in [6, 6.07) is 3.28. The second-order valence-corrected chi connectivity index (χ2v) is 4.28. The van der Waals surface area contributed by atoms with Crippen LogP contribution >= 0.6 is 0 Å². The zero-order chi connectivity index (χ0) is 14.1. The second kappa shape index (κ2) is 4.72. The van der Waals surface area contributed by atoms with Gasteiger partial charge in [0.15, 0.2) is 5.52 Å². The molecule has 102 valence electrons. The Labute approximate surface area is 113 Å². The van der Waals surface area contributed by atoms with Crippen LogP contribution in [0.15, 0.2) is 29.3 Å². The molecule has 3 heterocycles. The molecule has 0 saturated heterocycles. The monoisotopic (exact) mass is 272 g/mol. The average Bonchev–Trinajstić information content (AvgIpc) is 2.96. The molecule has 3 aromatic heterocycles. The minimum Gasteiger partial charge on any atom is -0.481 e. The summed E-state index contributed by atoms with van der Waals surface area (Å²) >= 11 is 0. The first kappa shape index (κ1) is 12.3. The van der Waals surface area contributed by atoms with Crippen molar-refractivity contribution in [2.75, 3.05) is 7.11 Å². The SMILES string of the molecule is COc1ccc([C@H](C)n2nnc3cn[nH]c3c2=O)cn1. The smallest absolute Gasteiger partial charge is 0.296 e. The quantitative estimate of drug-likeness (QED) is 0.746. The van der Waals surface area contributed by atoms with Crippen LogP contribution in [0.25, 0.3) is 11.0 Å². The summed E-state index contributed by atoms with van der Waals surface area (Å²) in [5.41, 5.74) is 1.36. The van der Waals surface area contributed by atoms with Crippen LogP contribution in [0.3, 0.4) is 0 Å². The molecule has 0 spiro atoms. The molecule has 3 aromatic rings. The molecular formula is C12H12N6O2. The van der Waals surface area contributed by atoms with Gasteiger partial charge in [0.05, 0.1) is 19.3 Å². The van der Waals surface area contributed by atoms with Gasteiger partial charge >= 0.3 is 0 Å². The summed E-state index contributed by atoms with van der Waals surface area (Å²) in [7, 11) is 1.55. The van der Waals surface area contributed by atoms with Gasteiger partial charge in [-0.25, -0.2) is 9.67 Å². The molecule has 0 fully saturated rings. The van der Waals surface area contributed by atoms with Crippen molar-refractivity contribution in [3.8, 4) is 5.88 Å². The Bertz CT molecular complexity index is 792. The molecule has 3 rings (SSSR count). The lowest BCUT2D eigenvalue weighted by Gasteiger charge is -2.12. The first-order chi connectivity index (χ1) is 9.70. The molecule has 0 aliphatic heterocycles. The van der Waals surface area contributed by atoms with E-state index >= 15 is 0 Å². The average molecular weight is 272 g/mol. The van der Waals surface area contributed by atoms with Crippen molar-refractivity contribution in [2.45, 2.75) is 13.0 Å². The highest BCUT2D eigenvalue weighted by molar-refractivity contribution is 5.70. The van der Waals surface area contributed by atoms with Gasteiger partial charge < -0.3 is 4.74 Å². The van der Waals surface area contributed by atoms with Crippen molar-refractivity contribution in [2.24, 2.45) is 0 Å². The summed E-state index contributed by atoms with van der Waals surface area (Å²) in [6.07, 6.45) is 3.11. The fraction of sp³-hybridized carbons (Fsp3) is 0.250. The number of rotatable bonds is 3. The van der Waals surface area contributed by atoms with Gasteiger partial charge in [0, 0.05) is 12.3 Å². The normalized spacial score (nSPS) is 12.5. The number of ether oxygens (including phenoxy) is 1. The Morgan fingerprint density at radius 3 is 2.90 bits per heavy atom. The number of aromatic nitrogens is 6. The summed E-state index contributed by atoms with van der Waals surface area (Å²) in [5, 5.41) is 14.3. The molecule has 0 aromatic carbocycles. The Morgan fingerprint density at radius 1 is 1.35 bits per heavy atom. The lowest BCUT2D eigenvalue weighted by atomic mass is 10.1. The van der Waals surface area contributed by atoms with E-state index in [2.05, 4.69) is 25.5 Å². The number of pyridine rings is 1. The maximum Gasteiger partial charge on any atom is 0.296 e. The first-order valence-corrected chi connectivity index (χ1v) is 5.99. The Morgan fingerprint density at radius 2 is 2.20 bits per heavy atom. The number of aromatic amines is 1. The standard InChI is InChI=1S/C12H12N6O2/c1-7(8-3-4-10(20-2)13-5-8)18-12(19)11-9(15-17-18)6-14-16-11/h3-7H,1-2H3,(H,14,16)/t7-/m0/s1. The first-order valence-electron chi connectivity index (χ1n) is 5.99. The van der Waals surface area contributed by atoms with E-state index in [1.54, 1.807) is 19.4 Å². The van der Waals surface area contributed by atoms with E-state index in [9.17, 15) is 4.79 Å². The van der Waals surface area contributed by atoms with Crippen LogP contribution in [0.1, 0.15) is 18.5 Å². The minimum absolute atomic E-state index is 0.268. The van der Waals surface area contributed by atoms with Crippen LogP contribution in [0.2, 0.25) is 0 Å². The van der Waals surface area contributed by atoms with E-state index < -0.39 is 0 Å². The highest BCUT2D eigenvalue weighted by Gasteiger charge is 2.15. The zero-order valence-corrected chi connectivity index (χ0v) is 10.9. The van der Waals surface area contributed by atoms with Crippen LogP contribution in [-0.4, -0.2) is 37.3 Å². The molecule has 0 bridgehead atoms. The van der Waals surface area contributed by atoms with Crippen LogP contribution in [-0.2, 0) is 0 Å². The maximum absolute atomic E-state index is 12.3. The maximum atomic E-state index is 12.3. The van der Waals surface area contributed by atoms with Gasteiger partial charge in [-0.15, -0.1) is 5.10 Å². The van der Waals surface area contributed by atoms with Gasteiger partial charge in [0.25, 0.3) is 5.56 Å². The molecule has 8 nitrogen and oxygen atoms in total. The third kappa shape index (κ3) is 1.91. The summed E-state index contributed by atoms with van der Waals surface area (Å²) in [5.74, 6) is 0.517. The molecule has 8 heteroatoms. The van der Waals surface area contributed by atoms with Gasteiger partial charge in [-0.2, -0.15) is 5.10 Å². The topological polar surface area (TPSA) is 98.6 Å². The van der Waals surface area contributed by atoms with Crippen LogP contribution in [0.5, 0.6) is 5.88 Å². The van der Waals surface area contributed by atoms with E-state index in [1.807, 2.05) is 13.0 Å². The summed E-state index contributed by atoms with van der Waals surface area (Å²) < 4.78 is 6.30. The fourth-order valence-corrected chi connectivity index (χ4v) is 1.92. The van der Waals surface area contributed by atoms with E-state index in [1.165, 1.54) is 10.9 Å². The highest BCUT2D eigenvalue weighted by atomic mass is 16.5. The van der Waals surface area contributed by atoms with Gasteiger partial charge in [0.2, 0.25) is 5.88 Å². The lowest BCUT2D eigenvalue weighted by molar-refractivity contribution is 0.396. The predicted molar refractivity (Wildman–Crippen MR) is 70.5 cm³/mol. The third-order valence-corrected chi connectivity index (χ3v) is 3.11. The largest absolute Gasteiger partial charge is 0.481 e. The van der Waals surface area contributed by atoms with Crippen LogP contribution in [0, 0.1) is 0 Å². The number of methoxy groups -OCH3 is 1. The predicted octanol–water partition coefficient (Wildman–Crippen LogP) is 0.527. The third-order valence-electron chi connectivity index (χ3n) is 3.11. The molecule has 20 heavy (non-hydrogen) atoms. The summed E-state index contributed by atoms with van der Waals surface area (Å²) in [6.45, 7) is 1.85. The number of hydrogen-bond donors (Lipinski definition) is 1. The molecular weight excluding hydrogens is 260 g/mol. The van der Waals surface area contributed by atoms with E-state index in [0.29, 0.717) is 16.9 Å². The van der Waals surface area contributed by atoms with Crippen molar-refractivity contribution in [1.82, 2.24) is 30.2 Å². The molecule has 0 saturated carbocycles. The molecule has 0 amide bonds. The number of nitrogens with one attached hydrogen (secondary N) is 1. The van der Waals surface area contributed by atoms with E-state index in [4.69, 9.17) is 4.74 Å². The number of fused-ring (bicyclic) bond motifs is 1. The van der Waals surface area contributed by atoms with Crippen molar-refractivity contribution < 1.29 is 4.74 Å². The van der Waals surface area contributed by atoms with Crippen molar-refractivity contribution in [3.05, 3.63) is 40.4 Å². The zero-order valence-electron chi connectivity index (χ0n) is 10.9. The van der Waals surface area contributed by atoms with Gasteiger partial charge in [0.1, 0.15) is 5.52 Å². The molecule has 1 atom stereocenters. The van der Waals surface area contributed by atoms with Gasteiger partial charge in [-0.3, -0.25) is 9.89 Å². The highest BCUT2D eigenvalue weighted by Crippen LogP contribution is 2.16. The van der Waals surface area contributed by atoms with Gasteiger partial charge in [-0.05, 0) is 18.6 Å². The fourth-order valence-electron chi connectivity index (χ4n) is 1.92. The number of nitrogens with zero attached hydrogens (tertiary/aromatic N) is 5. The Balaban J connectivity index is 2.04. The van der Waals surface area contributed by atoms with Crippen molar-refractivity contribution in [1.29, 1.82) is 0 Å². The molecule has 0 unspecified atom stereocenters. The minimum atomic E-state index is -0.291. The second-order valence-electron chi connectivity index (χ2n) is 4.28. The number of H-pyrrole nitrogens is 1. The molecule has 0 radical (unpaired) electrons. The molecule has 1 N–H and O–H groups in total. The molecule has 0 aliphatic rings. The Kier molecular flexibility index (Phi) is 2.90. The van der Waals surface area contributed by atoms with Gasteiger partial charge in [-0.1, -0.05) is 5.21 Å². The number of hydrogen-bond acceptors (Lipinski definition) is 6. The van der Waals surface area contributed by atoms with Crippen molar-refractivity contribution >= 4 is 11.0 Å².